The van der Waals surface area contributed by atoms with Crippen LogP contribution < -0.4 is 42.5 Å². The number of urea groups is 1. The van der Waals surface area contributed by atoms with Gasteiger partial charge in [0.2, 0.25) is 5.91 Å². The number of carbonyl (C=O) groups excluding carboxylic acids is 3. The van der Waals surface area contributed by atoms with E-state index in [2.05, 4.69) is 150 Å². The first kappa shape index (κ1) is 39.7. The molecular formula is C46H50N4O3P2S. The third kappa shape index (κ3) is 10.3. The Balaban J connectivity index is 1.07. The summed E-state index contributed by atoms with van der Waals surface area (Å²) in [5, 5.41) is 18.1. The highest BCUT2D eigenvalue weighted by molar-refractivity contribution is 8.00. The van der Waals surface area contributed by atoms with Crippen LogP contribution in [-0.4, -0.2) is 59.8 Å². The van der Waals surface area contributed by atoms with E-state index >= 15 is 0 Å². The number of rotatable bonds is 17. The summed E-state index contributed by atoms with van der Waals surface area (Å²) in [6, 6.07) is 50.8. The van der Waals surface area contributed by atoms with E-state index in [-0.39, 0.29) is 35.3 Å². The van der Waals surface area contributed by atoms with Crippen molar-refractivity contribution in [3.63, 3.8) is 0 Å². The molecule has 7 nitrogen and oxygen atoms in total. The van der Waals surface area contributed by atoms with E-state index in [4.69, 9.17) is 0 Å². The summed E-state index contributed by atoms with van der Waals surface area (Å²) in [5.41, 5.74) is 0.692. The first-order valence-electron chi connectivity index (χ1n) is 19.5. The van der Waals surface area contributed by atoms with Crippen LogP contribution in [0.2, 0.25) is 0 Å². The third-order valence-electron chi connectivity index (χ3n) is 10.6. The molecule has 2 aliphatic rings. The molecule has 3 atom stereocenters. The molecule has 0 aliphatic carbocycles. The van der Waals surface area contributed by atoms with Crippen molar-refractivity contribution in [2.45, 2.75) is 49.9 Å². The molecule has 56 heavy (non-hydrogen) atoms. The summed E-state index contributed by atoms with van der Waals surface area (Å²) in [6.07, 6.45) is 4.73. The third-order valence-corrected chi connectivity index (χ3v) is 17.9. The fourth-order valence-electron chi connectivity index (χ4n) is 7.69. The molecule has 0 saturated carbocycles. The monoisotopic (exact) mass is 800 g/mol. The average molecular weight is 801 g/mol. The fraction of sp³-hybridized carbons (Fsp3) is 0.283. The van der Waals surface area contributed by atoms with Gasteiger partial charge >= 0.3 is 6.03 Å². The number of fused-ring (bicyclic) bond motifs is 1. The van der Waals surface area contributed by atoms with Crippen molar-refractivity contribution < 1.29 is 14.4 Å². The molecule has 10 heteroatoms. The molecule has 5 aromatic carbocycles. The van der Waals surface area contributed by atoms with Crippen LogP contribution in [0, 0.1) is 5.41 Å². The topological polar surface area (TPSA) is 99.3 Å². The van der Waals surface area contributed by atoms with Crippen molar-refractivity contribution >= 4 is 72.4 Å². The summed E-state index contributed by atoms with van der Waals surface area (Å²) in [7, 11) is -1.49. The molecule has 0 unspecified atom stereocenters. The van der Waals surface area contributed by atoms with E-state index < -0.39 is 15.8 Å². The predicted molar refractivity (Wildman–Crippen MR) is 237 cm³/mol. The van der Waals surface area contributed by atoms with Gasteiger partial charge in [0.15, 0.2) is 0 Å². The Morgan fingerprint density at radius 3 is 1.73 bits per heavy atom. The number of anilines is 1. The number of benzene rings is 5. The normalized spacial score (nSPS) is 17.6. The number of para-hydroxylation sites is 1. The summed E-state index contributed by atoms with van der Waals surface area (Å²) < 4.78 is 0. The zero-order chi connectivity index (χ0) is 38.7. The van der Waals surface area contributed by atoms with Crippen molar-refractivity contribution in [3.05, 3.63) is 151 Å². The van der Waals surface area contributed by atoms with Gasteiger partial charge in [0.05, 0.1) is 23.3 Å². The van der Waals surface area contributed by atoms with E-state index in [9.17, 15) is 14.4 Å². The molecule has 0 aromatic heterocycles. The summed E-state index contributed by atoms with van der Waals surface area (Å²) >= 11 is 1.89. The fourth-order valence-corrected chi connectivity index (χ4v) is 14.8. The van der Waals surface area contributed by atoms with Gasteiger partial charge in [0.25, 0.3) is 5.91 Å². The van der Waals surface area contributed by atoms with E-state index in [0.29, 0.717) is 29.5 Å². The Bertz CT molecular complexity index is 1890. The number of carbonyl (C=O) groups is 3. The molecule has 4 N–H and O–H groups in total. The Labute approximate surface area is 337 Å². The second-order valence-electron chi connectivity index (χ2n) is 15.0. The molecule has 2 heterocycles. The maximum atomic E-state index is 14.2. The van der Waals surface area contributed by atoms with Crippen LogP contribution in [-0.2, 0) is 4.79 Å². The van der Waals surface area contributed by atoms with Crippen molar-refractivity contribution in [2.24, 2.45) is 5.41 Å². The van der Waals surface area contributed by atoms with Crippen molar-refractivity contribution in [1.82, 2.24) is 16.0 Å². The van der Waals surface area contributed by atoms with Gasteiger partial charge < -0.3 is 21.3 Å². The Kier molecular flexibility index (Phi) is 13.6. The minimum absolute atomic E-state index is 0.0779. The number of amides is 4. The molecule has 7 rings (SSSR count). The van der Waals surface area contributed by atoms with Gasteiger partial charge in [-0.3, -0.25) is 9.59 Å². The number of thioether (sulfide) groups is 1. The number of hydrogen-bond acceptors (Lipinski definition) is 4. The maximum Gasteiger partial charge on any atom is 0.315 e. The van der Waals surface area contributed by atoms with E-state index in [1.54, 1.807) is 6.07 Å². The van der Waals surface area contributed by atoms with Crippen molar-refractivity contribution in [3.8, 4) is 0 Å². The lowest BCUT2D eigenvalue weighted by Gasteiger charge is -2.37. The predicted octanol–water partition coefficient (Wildman–Crippen LogP) is 7.35. The molecule has 4 amide bonds. The largest absolute Gasteiger partial charge is 0.351 e. The van der Waals surface area contributed by atoms with Gasteiger partial charge in [-0.25, -0.2) is 4.79 Å². The first-order chi connectivity index (χ1) is 27.3. The number of nitrogens with one attached hydrogen (secondary N) is 4. The Morgan fingerprint density at radius 1 is 0.696 bits per heavy atom. The van der Waals surface area contributed by atoms with Gasteiger partial charge in [0.1, 0.15) is 0 Å². The Hall–Kier alpha value is -4.48. The Morgan fingerprint density at radius 2 is 1.20 bits per heavy atom. The van der Waals surface area contributed by atoms with Crippen LogP contribution >= 0.6 is 27.6 Å². The van der Waals surface area contributed by atoms with Crippen LogP contribution in [0.3, 0.4) is 0 Å². The van der Waals surface area contributed by atoms with Gasteiger partial charge in [-0.1, -0.05) is 147 Å². The van der Waals surface area contributed by atoms with Crippen LogP contribution in [0.25, 0.3) is 0 Å². The zero-order valence-corrected chi connectivity index (χ0v) is 34.4. The molecule has 288 valence electrons. The summed E-state index contributed by atoms with van der Waals surface area (Å²) in [6.45, 7) is 2.81. The molecule has 2 aliphatic heterocycles. The molecule has 0 bridgehead atoms. The van der Waals surface area contributed by atoms with Crippen LogP contribution in [0.1, 0.15) is 43.0 Å². The highest BCUT2D eigenvalue weighted by Gasteiger charge is 2.42. The molecule has 0 spiro atoms. The second kappa shape index (κ2) is 19.1. The number of unbranched alkanes of at least 4 members (excludes halogenated alkanes) is 1. The molecular weight excluding hydrogens is 751 g/mol. The molecule has 0 radical (unpaired) electrons. The molecule has 2 fully saturated rings. The minimum atomic E-state index is -0.747. The zero-order valence-electron chi connectivity index (χ0n) is 31.8. The van der Waals surface area contributed by atoms with Crippen LogP contribution in [0.4, 0.5) is 10.5 Å². The lowest BCUT2D eigenvalue weighted by molar-refractivity contribution is -0.116. The molecule has 5 aromatic rings. The van der Waals surface area contributed by atoms with Gasteiger partial charge in [-0.2, -0.15) is 11.8 Å². The summed E-state index contributed by atoms with van der Waals surface area (Å²) in [5.74, 6) is 0.630. The first-order valence-corrected chi connectivity index (χ1v) is 23.6. The highest BCUT2D eigenvalue weighted by atomic mass is 32.2. The lowest BCUT2D eigenvalue weighted by Crippen LogP contribution is -2.42. The van der Waals surface area contributed by atoms with Crippen LogP contribution in [0.15, 0.2) is 146 Å². The van der Waals surface area contributed by atoms with Crippen LogP contribution in [0.5, 0.6) is 0 Å². The van der Waals surface area contributed by atoms with Crippen molar-refractivity contribution in [1.29, 1.82) is 0 Å². The highest BCUT2D eigenvalue weighted by Crippen LogP contribution is 2.47. The second-order valence-corrected chi connectivity index (χ2v) is 20.7. The SMILES string of the molecule is CC(CNC(=O)c1ccccc1NC(=O)CCCC[C@@H]1SC[C@@H]2NC(=O)N[C@@H]21)(CP(c1ccccc1)c1ccccc1)CP(c1ccccc1)c1ccccc1. The minimum Gasteiger partial charge on any atom is -0.351 e. The average Bonchev–Trinajstić information content (AvgIpc) is 3.80. The maximum absolute atomic E-state index is 14.2. The van der Waals surface area contributed by atoms with Crippen molar-refractivity contribution in [2.75, 3.05) is 29.9 Å². The van der Waals surface area contributed by atoms with E-state index in [0.717, 1.165) is 37.3 Å². The standard InChI is InChI=1S/C46H50N4O3P2S/c1-46(32-54(34-18-6-2-7-19-34)35-20-8-3-9-21-35,33-55(36-22-10-4-11-23-36)37-24-12-5-13-25-37)31-47-44(52)38-26-14-15-27-39(38)48-42(51)29-17-16-28-41-43-40(30-56-41)49-45(53)50-43/h2-15,18-27,40-41,43H,16-17,28-33H2,1H3,(H,47,52)(H,48,51)(H2,49,50,53)/t40-,41-,43-/m0/s1. The van der Waals surface area contributed by atoms with Gasteiger partial charge in [0, 0.05) is 24.0 Å². The van der Waals surface area contributed by atoms with E-state index in [1.165, 1.54) is 21.2 Å². The smallest absolute Gasteiger partial charge is 0.315 e. The quantitative estimate of drug-likeness (QED) is 0.0449. The lowest BCUT2D eigenvalue weighted by atomic mass is 9.95. The van der Waals surface area contributed by atoms with Gasteiger partial charge in [-0.15, -0.1) is 0 Å². The molecule has 2 saturated heterocycles. The van der Waals surface area contributed by atoms with Gasteiger partial charge in [-0.05, 0) is 79.8 Å². The summed E-state index contributed by atoms with van der Waals surface area (Å²) in [4.78, 5) is 39.1. The number of hydrogen-bond donors (Lipinski definition) is 4. The van der Waals surface area contributed by atoms with E-state index in [1.807, 2.05) is 30.0 Å².